The Morgan fingerprint density at radius 2 is 2.05 bits per heavy atom. The zero-order valence-corrected chi connectivity index (χ0v) is 13.1. The molecule has 1 aromatic carbocycles. The van der Waals surface area contributed by atoms with E-state index in [9.17, 15) is 0 Å². The summed E-state index contributed by atoms with van der Waals surface area (Å²) in [5, 5.41) is 4.27. The van der Waals surface area contributed by atoms with E-state index >= 15 is 0 Å². The average Bonchev–Trinajstić information content (AvgIpc) is 2.39. The van der Waals surface area contributed by atoms with Crippen molar-refractivity contribution in [1.29, 1.82) is 0 Å². The molecular weight excluding hydrogens is 279 g/mol. The Morgan fingerprint density at radius 3 is 2.68 bits per heavy atom. The van der Waals surface area contributed by atoms with E-state index in [-0.39, 0.29) is 12.4 Å². The van der Waals surface area contributed by atoms with E-state index < -0.39 is 0 Å². The van der Waals surface area contributed by atoms with E-state index in [2.05, 4.69) is 29.3 Å². The molecular formula is C15H24Cl2N2. The Hall–Kier alpha value is -0.280. The highest BCUT2D eigenvalue weighted by Crippen LogP contribution is 2.17. The fourth-order valence-electron chi connectivity index (χ4n) is 2.63. The Kier molecular flexibility index (Phi) is 7.77. The van der Waals surface area contributed by atoms with Gasteiger partial charge in [0.05, 0.1) is 0 Å². The monoisotopic (exact) mass is 302 g/mol. The van der Waals surface area contributed by atoms with Crippen LogP contribution in [-0.2, 0) is 6.54 Å². The number of rotatable bonds is 5. The summed E-state index contributed by atoms with van der Waals surface area (Å²) < 4.78 is 0. The minimum absolute atomic E-state index is 0. The van der Waals surface area contributed by atoms with Gasteiger partial charge < -0.3 is 5.32 Å². The smallest absolute Gasteiger partial charge is 0.0409 e. The predicted molar refractivity (Wildman–Crippen MR) is 85.2 cm³/mol. The van der Waals surface area contributed by atoms with Crippen molar-refractivity contribution in [3.8, 4) is 0 Å². The molecule has 2 rings (SSSR count). The molecule has 4 heteroatoms. The van der Waals surface area contributed by atoms with E-state index in [0.29, 0.717) is 0 Å². The molecule has 108 valence electrons. The summed E-state index contributed by atoms with van der Waals surface area (Å²) in [6.45, 7) is 7.94. The Morgan fingerprint density at radius 1 is 1.32 bits per heavy atom. The highest BCUT2D eigenvalue weighted by molar-refractivity contribution is 6.30. The van der Waals surface area contributed by atoms with Crippen LogP contribution in [0.1, 0.15) is 25.3 Å². The van der Waals surface area contributed by atoms with Gasteiger partial charge in [0.2, 0.25) is 0 Å². The van der Waals surface area contributed by atoms with Gasteiger partial charge in [0.1, 0.15) is 0 Å². The molecule has 0 amide bonds. The maximum absolute atomic E-state index is 6.04. The van der Waals surface area contributed by atoms with Crippen molar-refractivity contribution in [3.63, 3.8) is 0 Å². The van der Waals surface area contributed by atoms with Crippen molar-refractivity contribution in [3.05, 3.63) is 34.9 Å². The highest BCUT2D eigenvalue weighted by Gasteiger charge is 2.16. The van der Waals surface area contributed by atoms with Crippen molar-refractivity contribution in [2.75, 3.05) is 26.2 Å². The van der Waals surface area contributed by atoms with Crippen LogP contribution in [0.25, 0.3) is 0 Å². The van der Waals surface area contributed by atoms with Crippen LogP contribution in [0.2, 0.25) is 5.02 Å². The van der Waals surface area contributed by atoms with E-state index in [0.717, 1.165) is 24.0 Å². The minimum Gasteiger partial charge on any atom is -0.317 e. The molecule has 19 heavy (non-hydrogen) atoms. The molecule has 1 aliphatic rings. The van der Waals surface area contributed by atoms with Gasteiger partial charge in [-0.05, 0) is 56.1 Å². The maximum Gasteiger partial charge on any atom is 0.0409 e. The van der Waals surface area contributed by atoms with Crippen LogP contribution < -0.4 is 5.32 Å². The van der Waals surface area contributed by atoms with Crippen molar-refractivity contribution < 1.29 is 0 Å². The second-order valence-electron chi connectivity index (χ2n) is 5.15. The molecule has 1 heterocycles. The van der Waals surface area contributed by atoms with Crippen LogP contribution in [0.3, 0.4) is 0 Å². The summed E-state index contributed by atoms with van der Waals surface area (Å²) in [5.41, 5.74) is 1.32. The Bertz CT molecular complexity index is 365. The third-order valence-electron chi connectivity index (χ3n) is 3.72. The SMILES string of the molecule is CCN(Cc1cccc(Cl)c1)CC1CCNCC1.Cl. The van der Waals surface area contributed by atoms with Gasteiger partial charge in [0.15, 0.2) is 0 Å². The van der Waals surface area contributed by atoms with Crippen molar-refractivity contribution in [2.45, 2.75) is 26.3 Å². The Labute approximate surface area is 127 Å². The van der Waals surface area contributed by atoms with Gasteiger partial charge in [-0.25, -0.2) is 0 Å². The standard InChI is InChI=1S/C15H23ClN2.ClH/c1-2-18(11-13-6-8-17-9-7-13)12-14-4-3-5-15(16)10-14;/h3-5,10,13,17H,2,6-9,11-12H2,1H3;1H. The molecule has 1 aliphatic heterocycles. The fourth-order valence-corrected chi connectivity index (χ4v) is 2.84. The lowest BCUT2D eigenvalue weighted by Gasteiger charge is -2.29. The zero-order chi connectivity index (χ0) is 12.8. The third kappa shape index (κ3) is 5.70. The molecule has 1 saturated heterocycles. The maximum atomic E-state index is 6.04. The van der Waals surface area contributed by atoms with Crippen LogP contribution in [0.4, 0.5) is 0 Å². The second-order valence-corrected chi connectivity index (χ2v) is 5.59. The predicted octanol–water partition coefficient (Wildman–Crippen LogP) is 3.58. The first-order valence-electron chi connectivity index (χ1n) is 6.95. The van der Waals surface area contributed by atoms with Gasteiger partial charge in [0.25, 0.3) is 0 Å². The number of nitrogens with zero attached hydrogens (tertiary/aromatic N) is 1. The number of hydrogen-bond donors (Lipinski definition) is 1. The molecule has 0 aromatic heterocycles. The number of benzene rings is 1. The quantitative estimate of drug-likeness (QED) is 0.894. The van der Waals surface area contributed by atoms with Crippen molar-refractivity contribution in [1.82, 2.24) is 10.2 Å². The lowest BCUT2D eigenvalue weighted by molar-refractivity contribution is 0.207. The highest BCUT2D eigenvalue weighted by atomic mass is 35.5. The zero-order valence-electron chi connectivity index (χ0n) is 11.6. The number of nitrogens with one attached hydrogen (secondary N) is 1. The molecule has 2 nitrogen and oxygen atoms in total. The van der Waals surface area contributed by atoms with Crippen LogP contribution >= 0.6 is 24.0 Å². The van der Waals surface area contributed by atoms with Gasteiger partial charge in [-0.1, -0.05) is 30.7 Å². The summed E-state index contributed by atoms with van der Waals surface area (Å²) in [5.74, 6) is 0.852. The summed E-state index contributed by atoms with van der Waals surface area (Å²) in [4.78, 5) is 2.53. The van der Waals surface area contributed by atoms with Crippen LogP contribution in [-0.4, -0.2) is 31.1 Å². The van der Waals surface area contributed by atoms with Crippen molar-refractivity contribution in [2.24, 2.45) is 5.92 Å². The lowest BCUT2D eigenvalue weighted by Crippen LogP contribution is -2.35. The largest absolute Gasteiger partial charge is 0.317 e. The van der Waals surface area contributed by atoms with Crippen molar-refractivity contribution >= 4 is 24.0 Å². The van der Waals surface area contributed by atoms with Gasteiger partial charge in [-0.3, -0.25) is 4.90 Å². The molecule has 1 N–H and O–H groups in total. The first-order chi connectivity index (χ1) is 8.78. The molecule has 0 aliphatic carbocycles. The second kappa shape index (κ2) is 8.80. The normalized spacial score (nSPS) is 16.4. The van der Waals surface area contributed by atoms with E-state index in [4.69, 9.17) is 11.6 Å². The topological polar surface area (TPSA) is 15.3 Å². The molecule has 0 atom stereocenters. The minimum atomic E-state index is 0. The summed E-state index contributed by atoms with van der Waals surface area (Å²) in [6, 6.07) is 8.22. The van der Waals surface area contributed by atoms with E-state index in [1.54, 1.807) is 0 Å². The van der Waals surface area contributed by atoms with Crippen LogP contribution in [0.5, 0.6) is 0 Å². The van der Waals surface area contributed by atoms with Gasteiger partial charge in [0, 0.05) is 18.1 Å². The molecule has 0 unspecified atom stereocenters. The van der Waals surface area contributed by atoms with Crippen LogP contribution in [0.15, 0.2) is 24.3 Å². The molecule has 0 spiro atoms. The summed E-state index contributed by atoms with van der Waals surface area (Å²) >= 11 is 6.04. The van der Waals surface area contributed by atoms with Crippen LogP contribution in [0, 0.1) is 5.92 Å². The van der Waals surface area contributed by atoms with Gasteiger partial charge in [-0.15, -0.1) is 12.4 Å². The summed E-state index contributed by atoms with van der Waals surface area (Å²) in [7, 11) is 0. The lowest BCUT2D eigenvalue weighted by atomic mass is 9.97. The first-order valence-corrected chi connectivity index (χ1v) is 7.33. The number of piperidine rings is 1. The molecule has 0 radical (unpaired) electrons. The van der Waals surface area contributed by atoms with E-state index in [1.807, 2.05) is 12.1 Å². The van der Waals surface area contributed by atoms with E-state index in [1.165, 1.54) is 38.0 Å². The molecule has 1 fully saturated rings. The fraction of sp³-hybridized carbons (Fsp3) is 0.600. The molecule has 1 aromatic rings. The first kappa shape index (κ1) is 16.8. The summed E-state index contributed by atoms with van der Waals surface area (Å²) in [6.07, 6.45) is 2.62. The number of hydrogen-bond acceptors (Lipinski definition) is 2. The average molecular weight is 303 g/mol. The Balaban J connectivity index is 0.00000180. The number of halogens is 2. The van der Waals surface area contributed by atoms with Gasteiger partial charge >= 0.3 is 0 Å². The molecule has 0 bridgehead atoms. The van der Waals surface area contributed by atoms with Gasteiger partial charge in [-0.2, -0.15) is 0 Å². The molecule has 0 saturated carbocycles. The third-order valence-corrected chi connectivity index (χ3v) is 3.95.